The molecule has 1 aliphatic rings. The maximum atomic E-state index is 14.4. The van der Waals surface area contributed by atoms with E-state index >= 15 is 0 Å². The van der Waals surface area contributed by atoms with Crippen LogP contribution in [0.3, 0.4) is 0 Å². The second kappa shape index (κ2) is 14.4. The van der Waals surface area contributed by atoms with E-state index in [1.807, 2.05) is 36.4 Å². The number of nitrogens with one attached hydrogen (secondary N) is 1. The number of anilines is 1. The zero-order chi connectivity index (χ0) is 30.2. The molecule has 0 spiro atoms. The number of para-hydroxylation sites is 2. The van der Waals surface area contributed by atoms with E-state index in [1.54, 1.807) is 0 Å². The number of ether oxygens (including phenoxy) is 1. The summed E-state index contributed by atoms with van der Waals surface area (Å²) in [6.45, 7) is 9.76. The predicted octanol–water partition coefficient (Wildman–Crippen LogP) is 10.3. The highest BCUT2D eigenvalue weighted by atomic mass is 16.5. The third kappa shape index (κ3) is 7.67. The van der Waals surface area contributed by atoms with Crippen LogP contribution >= 0.6 is 0 Å². The Kier molecular flexibility index (Phi) is 10.2. The molecule has 4 aromatic rings. The van der Waals surface area contributed by atoms with Crippen molar-refractivity contribution in [3.63, 3.8) is 0 Å². The molecule has 0 bridgehead atoms. The third-order valence-electron chi connectivity index (χ3n) is 8.82. The lowest BCUT2D eigenvalue weighted by molar-refractivity contribution is 0.156. The minimum absolute atomic E-state index is 0.0315. The lowest BCUT2D eigenvalue weighted by Crippen LogP contribution is -2.44. The van der Waals surface area contributed by atoms with Crippen molar-refractivity contribution in [2.24, 2.45) is 0 Å². The molecule has 4 heteroatoms. The molecular weight excluding hydrogens is 528 g/mol. The molecule has 0 radical (unpaired) electrons. The summed E-state index contributed by atoms with van der Waals surface area (Å²) in [4.78, 5) is 16.5. The number of hydrogen-bond acceptors (Lipinski definition) is 2. The predicted molar refractivity (Wildman–Crippen MR) is 178 cm³/mol. The maximum absolute atomic E-state index is 14.4. The summed E-state index contributed by atoms with van der Waals surface area (Å²) in [5.41, 5.74) is 6.88. The molecule has 224 valence electrons. The van der Waals surface area contributed by atoms with Crippen molar-refractivity contribution in [3.05, 3.63) is 131 Å². The summed E-state index contributed by atoms with van der Waals surface area (Å²) in [7, 11) is 0. The first-order chi connectivity index (χ1) is 20.9. The molecule has 4 nitrogen and oxygen atoms in total. The van der Waals surface area contributed by atoms with E-state index in [9.17, 15) is 4.79 Å². The van der Waals surface area contributed by atoms with Gasteiger partial charge in [-0.05, 0) is 71.8 Å². The first kappa shape index (κ1) is 30.4. The number of benzene rings is 4. The van der Waals surface area contributed by atoms with Crippen molar-refractivity contribution in [1.29, 1.82) is 0 Å². The van der Waals surface area contributed by atoms with Crippen molar-refractivity contribution in [2.75, 3.05) is 5.32 Å². The molecule has 1 saturated carbocycles. The van der Waals surface area contributed by atoms with Crippen LogP contribution in [-0.2, 0) is 13.2 Å². The molecule has 0 heterocycles. The highest BCUT2D eigenvalue weighted by molar-refractivity contribution is 5.91. The van der Waals surface area contributed by atoms with Crippen molar-refractivity contribution in [1.82, 2.24) is 4.90 Å². The van der Waals surface area contributed by atoms with Gasteiger partial charge in [0.2, 0.25) is 0 Å². The summed E-state index contributed by atoms with van der Waals surface area (Å²) in [5.74, 6) is 1.97. The maximum Gasteiger partial charge on any atom is 0.322 e. The number of nitrogens with zero attached hydrogens (tertiary/aromatic N) is 1. The number of hydrogen-bond donors (Lipinski definition) is 1. The molecule has 0 aliphatic heterocycles. The molecule has 0 aromatic heterocycles. The van der Waals surface area contributed by atoms with E-state index in [4.69, 9.17) is 4.74 Å². The Morgan fingerprint density at radius 2 is 1.33 bits per heavy atom. The van der Waals surface area contributed by atoms with E-state index in [0.29, 0.717) is 30.9 Å². The molecule has 1 fully saturated rings. The third-order valence-corrected chi connectivity index (χ3v) is 8.82. The number of carbonyl (C=O) groups excluding carboxylic acids is 1. The fourth-order valence-corrected chi connectivity index (χ4v) is 6.38. The van der Waals surface area contributed by atoms with Crippen molar-refractivity contribution in [2.45, 2.75) is 90.3 Å². The van der Waals surface area contributed by atoms with E-state index in [1.165, 1.54) is 16.7 Å². The van der Waals surface area contributed by atoms with E-state index in [2.05, 4.69) is 105 Å². The van der Waals surface area contributed by atoms with Gasteiger partial charge in [0.25, 0.3) is 0 Å². The molecule has 5 rings (SSSR count). The largest absolute Gasteiger partial charge is 0.489 e. The van der Waals surface area contributed by atoms with E-state index < -0.39 is 0 Å². The fraction of sp³-hybridized carbons (Fsp3) is 0.359. The molecule has 0 unspecified atom stereocenters. The monoisotopic (exact) mass is 574 g/mol. The van der Waals surface area contributed by atoms with Gasteiger partial charge in [-0.1, -0.05) is 125 Å². The average molecular weight is 575 g/mol. The molecule has 0 saturated heterocycles. The number of urea groups is 1. The quantitative estimate of drug-likeness (QED) is 0.205. The minimum atomic E-state index is -0.0315. The van der Waals surface area contributed by atoms with Crippen LogP contribution in [-0.4, -0.2) is 17.0 Å². The van der Waals surface area contributed by atoms with Gasteiger partial charge in [0.1, 0.15) is 12.4 Å². The Labute approximate surface area is 258 Å². The number of carbonyl (C=O) groups is 1. The Balaban J connectivity index is 1.41. The van der Waals surface area contributed by atoms with Crippen molar-refractivity contribution < 1.29 is 9.53 Å². The Hall–Kier alpha value is -4.05. The first-order valence-electron chi connectivity index (χ1n) is 15.9. The summed E-state index contributed by atoms with van der Waals surface area (Å²) in [5, 5.41) is 3.43. The Morgan fingerprint density at radius 3 is 1.95 bits per heavy atom. The van der Waals surface area contributed by atoms with Gasteiger partial charge in [-0.3, -0.25) is 0 Å². The van der Waals surface area contributed by atoms with Gasteiger partial charge in [-0.2, -0.15) is 0 Å². The lowest BCUT2D eigenvalue weighted by atomic mass is 9.81. The Morgan fingerprint density at radius 1 is 0.744 bits per heavy atom. The van der Waals surface area contributed by atoms with Crippen LogP contribution in [0.15, 0.2) is 103 Å². The van der Waals surface area contributed by atoms with Crippen LogP contribution in [0.4, 0.5) is 10.5 Å². The van der Waals surface area contributed by atoms with Crippen LogP contribution in [0.2, 0.25) is 0 Å². The summed E-state index contributed by atoms with van der Waals surface area (Å²) < 4.78 is 6.33. The van der Waals surface area contributed by atoms with Gasteiger partial charge in [0, 0.05) is 17.3 Å². The SMILES string of the molecule is CC(C)c1cccc(C(C)C)c1NC(=O)N(Cc1ccccc1OCc1ccccc1)C1CCC(c2ccccc2)CC1. The van der Waals surface area contributed by atoms with E-state index in [-0.39, 0.29) is 12.1 Å². The molecular formula is C39H46N2O2. The zero-order valence-corrected chi connectivity index (χ0v) is 26.1. The average Bonchev–Trinajstić information content (AvgIpc) is 3.04. The molecule has 0 atom stereocenters. The summed E-state index contributed by atoms with van der Waals surface area (Å²) in [6.07, 6.45) is 4.10. The van der Waals surface area contributed by atoms with Gasteiger partial charge in [0.15, 0.2) is 0 Å². The van der Waals surface area contributed by atoms with Gasteiger partial charge in [0.05, 0.1) is 6.54 Å². The van der Waals surface area contributed by atoms with Gasteiger partial charge in [-0.25, -0.2) is 4.79 Å². The highest BCUT2D eigenvalue weighted by Gasteiger charge is 2.31. The van der Waals surface area contributed by atoms with Crippen molar-refractivity contribution in [3.8, 4) is 5.75 Å². The zero-order valence-electron chi connectivity index (χ0n) is 26.1. The van der Waals surface area contributed by atoms with Gasteiger partial charge < -0.3 is 15.0 Å². The van der Waals surface area contributed by atoms with Crippen LogP contribution < -0.4 is 10.1 Å². The van der Waals surface area contributed by atoms with Crippen LogP contribution in [0.5, 0.6) is 5.75 Å². The first-order valence-corrected chi connectivity index (χ1v) is 15.9. The fourth-order valence-electron chi connectivity index (χ4n) is 6.38. The molecule has 1 N–H and O–H groups in total. The van der Waals surface area contributed by atoms with Crippen molar-refractivity contribution >= 4 is 11.7 Å². The van der Waals surface area contributed by atoms with Gasteiger partial charge >= 0.3 is 6.03 Å². The lowest BCUT2D eigenvalue weighted by Gasteiger charge is -2.38. The van der Waals surface area contributed by atoms with E-state index in [0.717, 1.165) is 48.2 Å². The second-order valence-electron chi connectivity index (χ2n) is 12.5. The van der Waals surface area contributed by atoms with Crippen LogP contribution in [0, 0.1) is 0 Å². The van der Waals surface area contributed by atoms with Gasteiger partial charge in [-0.15, -0.1) is 0 Å². The Bertz CT molecular complexity index is 1430. The summed E-state index contributed by atoms with van der Waals surface area (Å²) in [6, 6.07) is 35.7. The van der Waals surface area contributed by atoms with Crippen LogP contribution in [0.1, 0.15) is 98.9 Å². The second-order valence-corrected chi connectivity index (χ2v) is 12.5. The normalized spacial score (nSPS) is 16.7. The topological polar surface area (TPSA) is 41.6 Å². The molecule has 1 aliphatic carbocycles. The smallest absolute Gasteiger partial charge is 0.322 e. The number of amides is 2. The molecule has 4 aromatic carbocycles. The highest BCUT2D eigenvalue weighted by Crippen LogP contribution is 2.37. The van der Waals surface area contributed by atoms with Crippen LogP contribution in [0.25, 0.3) is 0 Å². The molecule has 2 amide bonds. The standard InChI is InChI=1S/C39H46N2O2/c1-28(2)35-19-13-20-36(29(3)4)38(35)40-39(42)41(34-24-22-32(23-25-34)31-16-9-6-10-17-31)26-33-18-11-12-21-37(33)43-27-30-14-7-5-8-15-30/h5-21,28-29,32,34H,22-27H2,1-4H3,(H,40,42). The molecule has 43 heavy (non-hydrogen) atoms. The number of rotatable bonds is 10. The minimum Gasteiger partial charge on any atom is -0.489 e. The summed E-state index contributed by atoms with van der Waals surface area (Å²) >= 11 is 0.